The average molecular weight is 268 g/mol. The van der Waals surface area contributed by atoms with E-state index in [1.807, 2.05) is 11.8 Å². The van der Waals surface area contributed by atoms with Gasteiger partial charge in [-0.05, 0) is 23.8 Å². The molecule has 1 heterocycles. The Morgan fingerprint density at radius 2 is 2.39 bits per heavy atom. The van der Waals surface area contributed by atoms with E-state index in [-0.39, 0.29) is 5.69 Å². The van der Waals surface area contributed by atoms with Crippen molar-refractivity contribution in [3.05, 3.63) is 28.3 Å². The normalized spacial score (nSPS) is 18.6. The standard InChI is InChI=1S/C12H16N2O3S/c1-17-12-5-10(4-11(6-12)14(15)16)13-7-9-2-3-18-8-9/h4-6,9,13H,2-3,7-8H2,1H3. The fourth-order valence-corrected chi connectivity index (χ4v) is 3.20. The fraction of sp³-hybridized carbons (Fsp3) is 0.500. The molecule has 1 N–H and O–H groups in total. The van der Waals surface area contributed by atoms with Crippen LogP contribution in [0.4, 0.5) is 11.4 Å². The largest absolute Gasteiger partial charge is 0.496 e. The second kappa shape index (κ2) is 5.95. The third kappa shape index (κ3) is 3.29. The molecule has 98 valence electrons. The van der Waals surface area contributed by atoms with Crippen LogP contribution in [-0.4, -0.2) is 30.1 Å². The van der Waals surface area contributed by atoms with Gasteiger partial charge < -0.3 is 10.1 Å². The van der Waals surface area contributed by atoms with Crippen LogP contribution < -0.4 is 10.1 Å². The molecule has 6 heteroatoms. The molecule has 1 aliphatic rings. The number of hydrogen-bond donors (Lipinski definition) is 1. The number of hydrogen-bond acceptors (Lipinski definition) is 5. The summed E-state index contributed by atoms with van der Waals surface area (Å²) in [6.45, 7) is 0.858. The first kappa shape index (κ1) is 13.0. The van der Waals surface area contributed by atoms with Crippen LogP contribution in [0.3, 0.4) is 0 Å². The van der Waals surface area contributed by atoms with Gasteiger partial charge in [-0.3, -0.25) is 10.1 Å². The topological polar surface area (TPSA) is 64.4 Å². The number of anilines is 1. The van der Waals surface area contributed by atoms with Crippen LogP contribution in [0.25, 0.3) is 0 Å². The third-order valence-electron chi connectivity index (χ3n) is 2.96. The molecule has 1 saturated heterocycles. The van der Waals surface area contributed by atoms with Gasteiger partial charge in [0.15, 0.2) is 0 Å². The summed E-state index contributed by atoms with van der Waals surface area (Å²) >= 11 is 1.96. The molecule has 0 bridgehead atoms. The molecule has 1 aromatic carbocycles. The number of benzene rings is 1. The van der Waals surface area contributed by atoms with Crippen molar-refractivity contribution < 1.29 is 9.66 Å². The third-order valence-corrected chi connectivity index (χ3v) is 4.19. The number of methoxy groups -OCH3 is 1. The Labute approximate surface area is 110 Å². The quantitative estimate of drug-likeness (QED) is 0.657. The van der Waals surface area contributed by atoms with E-state index in [0.29, 0.717) is 11.7 Å². The molecule has 2 rings (SSSR count). The lowest BCUT2D eigenvalue weighted by Gasteiger charge is -2.12. The molecular weight excluding hydrogens is 252 g/mol. The Bertz CT molecular complexity index is 433. The molecule has 1 unspecified atom stereocenters. The Morgan fingerprint density at radius 3 is 3.00 bits per heavy atom. The summed E-state index contributed by atoms with van der Waals surface area (Å²) in [6, 6.07) is 4.76. The lowest BCUT2D eigenvalue weighted by atomic mass is 10.1. The highest BCUT2D eigenvalue weighted by Crippen LogP contribution is 2.27. The summed E-state index contributed by atoms with van der Waals surface area (Å²) in [5.41, 5.74) is 0.801. The number of rotatable bonds is 5. The molecule has 1 aliphatic heterocycles. The number of nitro groups is 1. The highest BCUT2D eigenvalue weighted by molar-refractivity contribution is 7.99. The van der Waals surface area contributed by atoms with Gasteiger partial charge in [0.05, 0.1) is 18.1 Å². The van der Waals surface area contributed by atoms with Gasteiger partial charge in [-0.25, -0.2) is 0 Å². The van der Waals surface area contributed by atoms with Crippen molar-refractivity contribution in [3.63, 3.8) is 0 Å². The number of non-ortho nitro benzene ring substituents is 1. The maximum absolute atomic E-state index is 10.8. The van der Waals surface area contributed by atoms with Crippen molar-refractivity contribution in [2.45, 2.75) is 6.42 Å². The van der Waals surface area contributed by atoms with E-state index < -0.39 is 4.92 Å². The molecule has 0 spiro atoms. The number of nitro benzene ring substituents is 1. The zero-order valence-corrected chi connectivity index (χ0v) is 11.0. The van der Waals surface area contributed by atoms with Crippen molar-refractivity contribution in [1.82, 2.24) is 0 Å². The predicted octanol–water partition coefficient (Wildman–Crippen LogP) is 2.77. The van der Waals surface area contributed by atoms with Crippen LogP contribution in [0.1, 0.15) is 6.42 Å². The predicted molar refractivity (Wildman–Crippen MR) is 73.6 cm³/mol. The van der Waals surface area contributed by atoms with Crippen LogP contribution in [0, 0.1) is 16.0 Å². The van der Waals surface area contributed by atoms with E-state index in [1.165, 1.54) is 31.1 Å². The molecule has 5 nitrogen and oxygen atoms in total. The molecule has 0 aromatic heterocycles. The zero-order valence-electron chi connectivity index (χ0n) is 10.2. The number of nitrogens with one attached hydrogen (secondary N) is 1. The van der Waals surface area contributed by atoms with E-state index in [2.05, 4.69) is 5.32 Å². The van der Waals surface area contributed by atoms with Gasteiger partial charge in [-0.1, -0.05) is 0 Å². The minimum atomic E-state index is -0.404. The number of ether oxygens (including phenoxy) is 1. The zero-order chi connectivity index (χ0) is 13.0. The Morgan fingerprint density at radius 1 is 1.56 bits per heavy atom. The highest BCUT2D eigenvalue weighted by atomic mass is 32.2. The van der Waals surface area contributed by atoms with Crippen LogP contribution >= 0.6 is 11.8 Å². The van der Waals surface area contributed by atoms with Gasteiger partial charge in [0.25, 0.3) is 5.69 Å². The maximum Gasteiger partial charge on any atom is 0.275 e. The first-order chi connectivity index (χ1) is 8.69. The van der Waals surface area contributed by atoms with Gasteiger partial charge in [0.2, 0.25) is 0 Å². The Balaban J connectivity index is 2.05. The van der Waals surface area contributed by atoms with Gasteiger partial charge >= 0.3 is 0 Å². The molecule has 0 amide bonds. The summed E-state index contributed by atoms with van der Waals surface area (Å²) in [7, 11) is 1.51. The molecule has 0 saturated carbocycles. The molecule has 1 fully saturated rings. The lowest BCUT2D eigenvalue weighted by Crippen LogP contribution is -2.13. The summed E-state index contributed by atoms with van der Waals surface area (Å²) in [4.78, 5) is 10.4. The SMILES string of the molecule is COc1cc(NCC2CCSC2)cc([N+](=O)[O-])c1. The number of nitrogens with zero attached hydrogens (tertiary/aromatic N) is 1. The molecule has 0 radical (unpaired) electrons. The van der Waals surface area contributed by atoms with Crippen LogP contribution in [0.2, 0.25) is 0 Å². The van der Waals surface area contributed by atoms with E-state index in [4.69, 9.17) is 4.74 Å². The average Bonchev–Trinajstić information content (AvgIpc) is 2.89. The molecule has 0 aliphatic carbocycles. The first-order valence-corrected chi connectivity index (χ1v) is 6.99. The van der Waals surface area contributed by atoms with Crippen molar-refractivity contribution in [3.8, 4) is 5.75 Å². The van der Waals surface area contributed by atoms with Crippen molar-refractivity contribution in [1.29, 1.82) is 0 Å². The van der Waals surface area contributed by atoms with Gasteiger partial charge in [0.1, 0.15) is 5.75 Å². The molecular formula is C12H16N2O3S. The monoisotopic (exact) mass is 268 g/mol. The summed E-state index contributed by atoms with van der Waals surface area (Å²) < 4.78 is 5.07. The van der Waals surface area contributed by atoms with Crippen LogP contribution in [0.5, 0.6) is 5.75 Å². The van der Waals surface area contributed by atoms with Gasteiger partial charge in [-0.2, -0.15) is 11.8 Å². The molecule has 1 aromatic rings. The molecule has 1 atom stereocenters. The number of thioether (sulfide) groups is 1. The van der Waals surface area contributed by atoms with Crippen molar-refractivity contribution in [2.24, 2.45) is 5.92 Å². The fourth-order valence-electron chi connectivity index (χ4n) is 1.92. The first-order valence-electron chi connectivity index (χ1n) is 5.84. The summed E-state index contributed by atoms with van der Waals surface area (Å²) in [5.74, 6) is 3.54. The van der Waals surface area contributed by atoms with E-state index >= 15 is 0 Å². The molecule has 18 heavy (non-hydrogen) atoms. The Kier molecular flexibility index (Phi) is 4.30. The van der Waals surface area contributed by atoms with E-state index in [1.54, 1.807) is 12.1 Å². The van der Waals surface area contributed by atoms with Gasteiger partial charge in [0, 0.05) is 24.4 Å². The van der Waals surface area contributed by atoms with Crippen LogP contribution in [-0.2, 0) is 0 Å². The summed E-state index contributed by atoms with van der Waals surface area (Å²) in [5, 5.41) is 14.1. The Hall–Kier alpha value is -1.43. The minimum absolute atomic E-state index is 0.0534. The van der Waals surface area contributed by atoms with Crippen molar-refractivity contribution >= 4 is 23.1 Å². The second-order valence-corrected chi connectivity index (χ2v) is 5.44. The van der Waals surface area contributed by atoms with E-state index in [9.17, 15) is 10.1 Å². The second-order valence-electron chi connectivity index (χ2n) is 4.29. The lowest BCUT2D eigenvalue weighted by molar-refractivity contribution is -0.384. The van der Waals surface area contributed by atoms with E-state index in [0.717, 1.165) is 12.2 Å². The minimum Gasteiger partial charge on any atom is -0.496 e. The van der Waals surface area contributed by atoms with Crippen LogP contribution in [0.15, 0.2) is 18.2 Å². The maximum atomic E-state index is 10.8. The highest BCUT2D eigenvalue weighted by Gasteiger charge is 2.16. The van der Waals surface area contributed by atoms with Gasteiger partial charge in [-0.15, -0.1) is 0 Å². The smallest absolute Gasteiger partial charge is 0.275 e. The summed E-state index contributed by atoms with van der Waals surface area (Å²) in [6.07, 6.45) is 1.21. The van der Waals surface area contributed by atoms with Crippen molar-refractivity contribution in [2.75, 3.05) is 30.5 Å².